The number of hydrogen-bond donors (Lipinski definition) is 2. The van der Waals surface area contributed by atoms with E-state index < -0.39 is 4.92 Å². The first kappa shape index (κ1) is 22.5. The van der Waals surface area contributed by atoms with E-state index in [4.69, 9.17) is 4.74 Å². The van der Waals surface area contributed by atoms with Crippen molar-refractivity contribution >= 4 is 29.7 Å². The Balaban J connectivity index is 0.00000300. The molecule has 1 aromatic carbocycles. The van der Waals surface area contributed by atoms with Gasteiger partial charge in [-0.25, -0.2) is 0 Å². The normalized spacial score (nSPS) is 16.5. The SMILES string of the molecule is CCOc1ccc(NC(=O)CN2CCNCC2c2cccnc2)c([N+](=O)[O-])c1.Cl. The number of piperazine rings is 1. The third kappa shape index (κ3) is 5.86. The van der Waals surface area contributed by atoms with Crippen molar-refractivity contribution in [2.24, 2.45) is 0 Å². The zero-order valence-corrected chi connectivity index (χ0v) is 16.9. The number of amides is 1. The Bertz CT molecular complexity index is 837. The molecule has 1 aliphatic heterocycles. The number of carbonyl (C=O) groups is 1. The lowest BCUT2D eigenvalue weighted by Gasteiger charge is -2.35. The topological polar surface area (TPSA) is 110 Å². The van der Waals surface area contributed by atoms with Crippen LogP contribution in [0.2, 0.25) is 0 Å². The highest BCUT2D eigenvalue weighted by Crippen LogP contribution is 2.29. The summed E-state index contributed by atoms with van der Waals surface area (Å²) in [6.45, 7) is 4.51. The second kappa shape index (κ2) is 10.7. The lowest BCUT2D eigenvalue weighted by atomic mass is 10.1. The Kier molecular flexibility index (Phi) is 8.32. The number of hydrogen-bond acceptors (Lipinski definition) is 7. The monoisotopic (exact) mass is 421 g/mol. The quantitative estimate of drug-likeness (QED) is 0.521. The van der Waals surface area contributed by atoms with Gasteiger partial charge in [-0.2, -0.15) is 0 Å². The Labute approximate surface area is 175 Å². The largest absolute Gasteiger partial charge is 0.494 e. The lowest BCUT2D eigenvalue weighted by Crippen LogP contribution is -2.48. The fourth-order valence-corrected chi connectivity index (χ4v) is 3.24. The predicted molar refractivity (Wildman–Crippen MR) is 112 cm³/mol. The van der Waals surface area contributed by atoms with Crippen LogP contribution in [0.5, 0.6) is 5.75 Å². The summed E-state index contributed by atoms with van der Waals surface area (Å²) in [5.74, 6) is 0.0917. The van der Waals surface area contributed by atoms with Crippen LogP contribution in [-0.2, 0) is 4.79 Å². The molecule has 2 N–H and O–H groups in total. The molecule has 1 saturated heterocycles. The zero-order valence-electron chi connectivity index (χ0n) is 16.0. The van der Waals surface area contributed by atoms with Crippen LogP contribution in [0.1, 0.15) is 18.5 Å². The average Bonchev–Trinajstić information content (AvgIpc) is 2.70. The summed E-state index contributed by atoms with van der Waals surface area (Å²) >= 11 is 0. The summed E-state index contributed by atoms with van der Waals surface area (Å²) in [5.41, 5.74) is 0.990. The van der Waals surface area contributed by atoms with E-state index in [9.17, 15) is 14.9 Å². The maximum Gasteiger partial charge on any atom is 0.296 e. The van der Waals surface area contributed by atoms with Crippen molar-refractivity contribution in [2.45, 2.75) is 13.0 Å². The molecule has 9 nitrogen and oxygen atoms in total. The molecule has 29 heavy (non-hydrogen) atoms. The standard InChI is InChI=1S/C19H23N5O4.ClH/c1-2-28-15-5-6-16(17(10-15)24(26)27)22-19(25)13-23-9-8-21-12-18(23)14-4-3-7-20-11-14;/h3-7,10-11,18,21H,2,8-9,12-13H2,1H3,(H,22,25);1H. The summed E-state index contributed by atoms with van der Waals surface area (Å²) in [4.78, 5) is 29.6. The lowest BCUT2D eigenvalue weighted by molar-refractivity contribution is -0.384. The first-order chi connectivity index (χ1) is 13.6. The van der Waals surface area contributed by atoms with E-state index in [1.54, 1.807) is 25.4 Å². The Morgan fingerprint density at radius 3 is 2.97 bits per heavy atom. The number of anilines is 1. The molecular formula is C19H24ClN5O4. The molecule has 2 heterocycles. The number of carbonyl (C=O) groups excluding carboxylic acids is 1. The van der Waals surface area contributed by atoms with Gasteiger partial charge in [0.2, 0.25) is 5.91 Å². The van der Waals surface area contributed by atoms with Gasteiger partial charge in [0.15, 0.2) is 0 Å². The number of aromatic nitrogens is 1. The molecule has 0 bridgehead atoms. The molecule has 0 aliphatic carbocycles. The van der Waals surface area contributed by atoms with Gasteiger partial charge in [-0.1, -0.05) is 6.07 Å². The number of nitrogens with zero attached hydrogens (tertiary/aromatic N) is 3. The van der Waals surface area contributed by atoms with Gasteiger partial charge in [0.05, 0.1) is 24.1 Å². The van der Waals surface area contributed by atoms with Crippen LogP contribution in [0, 0.1) is 10.1 Å². The molecule has 156 valence electrons. The van der Waals surface area contributed by atoms with Gasteiger partial charge in [-0.05, 0) is 30.7 Å². The van der Waals surface area contributed by atoms with Crippen LogP contribution in [-0.4, -0.2) is 53.5 Å². The van der Waals surface area contributed by atoms with E-state index in [0.717, 1.165) is 12.1 Å². The minimum absolute atomic E-state index is 0. The number of nitro groups is 1. The summed E-state index contributed by atoms with van der Waals surface area (Å²) in [6.07, 6.45) is 3.50. The molecule has 0 radical (unpaired) electrons. The first-order valence-corrected chi connectivity index (χ1v) is 9.14. The maximum atomic E-state index is 12.6. The zero-order chi connectivity index (χ0) is 19.9. The highest BCUT2D eigenvalue weighted by atomic mass is 35.5. The molecule has 0 spiro atoms. The van der Waals surface area contributed by atoms with Crippen molar-refractivity contribution in [2.75, 3.05) is 38.1 Å². The Morgan fingerprint density at radius 1 is 1.45 bits per heavy atom. The van der Waals surface area contributed by atoms with Crippen molar-refractivity contribution in [3.05, 3.63) is 58.4 Å². The van der Waals surface area contributed by atoms with Crippen LogP contribution >= 0.6 is 12.4 Å². The fraction of sp³-hybridized carbons (Fsp3) is 0.368. The Hall–Kier alpha value is -2.75. The van der Waals surface area contributed by atoms with E-state index in [1.807, 2.05) is 17.0 Å². The van der Waals surface area contributed by atoms with Crippen molar-refractivity contribution < 1.29 is 14.5 Å². The van der Waals surface area contributed by atoms with Gasteiger partial charge in [-0.3, -0.25) is 24.8 Å². The van der Waals surface area contributed by atoms with E-state index in [-0.39, 0.29) is 42.3 Å². The average molecular weight is 422 g/mol. The van der Waals surface area contributed by atoms with Crippen LogP contribution in [0.4, 0.5) is 11.4 Å². The number of ether oxygens (including phenoxy) is 1. The summed E-state index contributed by atoms with van der Waals surface area (Å²) < 4.78 is 5.30. The molecule has 1 aliphatic rings. The van der Waals surface area contributed by atoms with E-state index in [2.05, 4.69) is 15.6 Å². The maximum absolute atomic E-state index is 12.6. The minimum Gasteiger partial charge on any atom is -0.494 e. The number of rotatable bonds is 7. The van der Waals surface area contributed by atoms with Crippen molar-refractivity contribution in [3.8, 4) is 5.75 Å². The van der Waals surface area contributed by atoms with Gasteiger partial charge < -0.3 is 15.4 Å². The number of benzene rings is 1. The summed E-state index contributed by atoms with van der Waals surface area (Å²) in [6, 6.07) is 8.29. The van der Waals surface area contributed by atoms with Crippen LogP contribution in [0.25, 0.3) is 0 Å². The van der Waals surface area contributed by atoms with Gasteiger partial charge >= 0.3 is 0 Å². The highest BCUT2D eigenvalue weighted by molar-refractivity contribution is 5.94. The second-order valence-electron chi connectivity index (χ2n) is 6.39. The first-order valence-electron chi connectivity index (χ1n) is 9.14. The van der Waals surface area contributed by atoms with E-state index in [0.29, 0.717) is 25.4 Å². The van der Waals surface area contributed by atoms with Crippen LogP contribution in [0.3, 0.4) is 0 Å². The molecular weight excluding hydrogens is 398 g/mol. The molecule has 0 saturated carbocycles. The number of nitro benzene ring substituents is 1. The highest BCUT2D eigenvalue weighted by Gasteiger charge is 2.26. The number of halogens is 1. The van der Waals surface area contributed by atoms with Gasteiger partial charge in [0.1, 0.15) is 11.4 Å². The Morgan fingerprint density at radius 2 is 2.28 bits per heavy atom. The molecule has 10 heteroatoms. The summed E-state index contributed by atoms with van der Waals surface area (Å²) in [7, 11) is 0. The van der Waals surface area contributed by atoms with Crippen molar-refractivity contribution in [3.63, 3.8) is 0 Å². The smallest absolute Gasteiger partial charge is 0.296 e. The third-order valence-electron chi connectivity index (χ3n) is 4.52. The van der Waals surface area contributed by atoms with Gasteiger partial charge in [-0.15, -0.1) is 12.4 Å². The van der Waals surface area contributed by atoms with Gasteiger partial charge in [0, 0.05) is 38.1 Å². The summed E-state index contributed by atoms with van der Waals surface area (Å²) in [5, 5.41) is 17.4. The molecule has 1 aromatic heterocycles. The van der Waals surface area contributed by atoms with Crippen LogP contribution in [0.15, 0.2) is 42.7 Å². The number of nitrogens with one attached hydrogen (secondary N) is 2. The molecule has 2 aromatic rings. The molecule has 1 fully saturated rings. The van der Waals surface area contributed by atoms with Crippen molar-refractivity contribution in [1.82, 2.24) is 15.2 Å². The predicted octanol–water partition coefficient (Wildman–Crippen LogP) is 2.40. The van der Waals surface area contributed by atoms with Crippen LogP contribution < -0.4 is 15.4 Å². The molecule has 1 atom stereocenters. The number of pyridine rings is 1. The minimum atomic E-state index is -0.526. The van der Waals surface area contributed by atoms with Crippen molar-refractivity contribution in [1.29, 1.82) is 0 Å². The fourth-order valence-electron chi connectivity index (χ4n) is 3.24. The van der Waals surface area contributed by atoms with E-state index >= 15 is 0 Å². The molecule has 1 unspecified atom stereocenters. The molecule has 1 amide bonds. The second-order valence-corrected chi connectivity index (χ2v) is 6.39. The van der Waals surface area contributed by atoms with Gasteiger partial charge in [0.25, 0.3) is 5.69 Å². The third-order valence-corrected chi connectivity index (χ3v) is 4.52. The molecule has 3 rings (SSSR count). The van der Waals surface area contributed by atoms with E-state index in [1.165, 1.54) is 12.1 Å².